The Bertz CT molecular complexity index is 752. The number of anilines is 1. The van der Waals surface area contributed by atoms with Gasteiger partial charge in [0.05, 0.1) is 11.3 Å². The van der Waals surface area contributed by atoms with Gasteiger partial charge >= 0.3 is 0 Å². The maximum Gasteiger partial charge on any atom is 0.119 e. The van der Waals surface area contributed by atoms with E-state index in [0.717, 1.165) is 31.9 Å². The van der Waals surface area contributed by atoms with Crippen molar-refractivity contribution in [2.75, 3.05) is 44.2 Å². The number of aliphatic hydroxyl groups is 1. The van der Waals surface area contributed by atoms with Crippen LogP contribution in [-0.2, 0) is 0 Å². The van der Waals surface area contributed by atoms with Gasteiger partial charge in [-0.2, -0.15) is 5.26 Å². The van der Waals surface area contributed by atoms with E-state index in [0.29, 0.717) is 22.9 Å². The number of halogens is 1. The van der Waals surface area contributed by atoms with Gasteiger partial charge in [0.25, 0.3) is 0 Å². The average molecular weight is 372 g/mol. The standard InChI is InChI=1S/C20H22ClN3O2/c21-17-5-7-19(8-6-17)26-15-18(25)14-23-9-11-24(12-10-23)20-4-2-1-3-16(20)13-22/h1-8,18,25H,9-12,14-15H2/t18-/m1/s1. The second-order valence-corrected chi connectivity index (χ2v) is 6.77. The predicted octanol–water partition coefficient (Wildman–Crippen LogP) is 2.77. The molecule has 0 aromatic heterocycles. The number of nitriles is 1. The summed E-state index contributed by atoms with van der Waals surface area (Å²) in [5, 5.41) is 20.1. The molecule has 3 rings (SSSR count). The molecule has 136 valence electrons. The van der Waals surface area contributed by atoms with Gasteiger partial charge in [0.15, 0.2) is 0 Å². The molecule has 6 heteroatoms. The first-order chi connectivity index (χ1) is 12.7. The van der Waals surface area contributed by atoms with Gasteiger partial charge in [0.2, 0.25) is 0 Å². The number of benzene rings is 2. The van der Waals surface area contributed by atoms with Crippen molar-refractivity contribution in [2.45, 2.75) is 6.10 Å². The number of hydrogen-bond donors (Lipinski definition) is 1. The van der Waals surface area contributed by atoms with Crippen molar-refractivity contribution in [1.82, 2.24) is 4.90 Å². The van der Waals surface area contributed by atoms with Crippen molar-refractivity contribution in [3.8, 4) is 11.8 Å². The Balaban J connectivity index is 1.45. The molecule has 1 aliphatic heterocycles. The molecule has 0 saturated carbocycles. The first kappa shape index (κ1) is 18.5. The maximum atomic E-state index is 10.2. The van der Waals surface area contributed by atoms with Crippen LogP contribution in [0.5, 0.6) is 5.75 Å². The number of β-amino-alcohol motifs (C(OH)–C–C–N with tert-alkyl or cyclic N) is 1. The van der Waals surface area contributed by atoms with Gasteiger partial charge in [-0.15, -0.1) is 0 Å². The molecule has 1 N–H and O–H groups in total. The number of nitrogens with zero attached hydrogens (tertiary/aromatic N) is 3. The summed E-state index contributed by atoms with van der Waals surface area (Å²) in [6.07, 6.45) is -0.552. The fourth-order valence-corrected chi connectivity index (χ4v) is 3.22. The molecule has 1 atom stereocenters. The molecular weight excluding hydrogens is 350 g/mol. The highest BCUT2D eigenvalue weighted by Crippen LogP contribution is 2.21. The quantitative estimate of drug-likeness (QED) is 0.846. The molecule has 0 radical (unpaired) electrons. The summed E-state index contributed by atoms with van der Waals surface area (Å²) < 4.78 is 5.60. The van der Waals surface area contributed by atoms with E-state index in [1.54, 1.807) is 24.3 Å². The molecule has 1 saturated heterocycles. The Kier molecular flexibility index (Phi) is 6.35. The Hall–Kier alpha value is -2.26. The van der Waals surface area contributed by atoms with Crippen LogP contribution in [0, 0.1) is 11.3 Å². The molecular formula is C20H22ClN3O2. The zero-order valence-electron chi connectivity index (χ0n) is 14.5. The summed E-state index contributed by atoms with van der Waals surface area (Å²) in [5.74, 6) is 0.700. The highest BCUT2D eigenvalue weighted by Gasteiger charge is 2.21. The van der Waals surface area contributed by atoms with Crippen LogP contribution in [0.3, 0.4) is 0 Å². The molecule has 26 heavy (non-hydrogen) atoms. The predicted molar refractivity (Wildman–Crippen MR) is 103 cm³/mol. The number of hydrogen-bond acceptors (Lipinski definition) is 5. The molecule has 1 fully saturated rings. The van der Waals surface area contributed by atoms with Crippen molar-refractivity contribution in [1.29, 1.82) is 5.26 Å². The minimum absolute atomic E-state index is 0.249. The van der Waals surface area contributed by atoms with Crippen LogP contribution in [0.25, 0.3) is 0 Å². The van der Waals surface area contributed by atoms with Crippen LogP contribution < -0.4 is 9.64 Å². The van der Waals surface area contributed by atoms with Crippen LogP contribution in [0.2, 0.25) is 5.02 Å². The topological polar surface area (TPSA) is 59.7 Å². The summed E-state index contributed by atoms with van der Waals surface area (Å²) in [4.78, 5) is 4.45. The third kappa shape index (κ3) is 4.89. The third-order valence-electron chi connectivity index (χ3n) is 4.46. The smallest absolute Gasteiger partial charge is 0.119 e. The first-order valence-corrected chi connectivity index (χ1v) is 9.06. The van der Waals surface area contributed by atoms with E-state index in [-0.39, 0.29) is 6.61 Å². The van der Waals surface area contributed by atoms with E-state index in [1.165, 1.54) is 0 Å². The van der Waals surface area contributed by atoms with Crippen molar-refractivity contribution < 1.29 is 9.84 Å². The summed E-state index contributed by atoms with van der Waals surface area (Å²) >= 11 is 5.84. The van der Waals surface area contributed by atoms with Crippen LogP contribution >= 0.6 is 11.6 Å². The summed E-state index contributed by atoms with van der Waals surface area (Å²) in [5.41, 5.74) is 1.69. The molecule has 1 heterocycles. The minimum atomic E-state index is -0.552. The van der Waals surface area contributed by atoms with Crippen molar-refractivity contribution in [3.63, 3.8) is 0 Å². The van der Waals surface area contributed by atoms with Crippen LogP contribution in [-0.4, -0.2) is 55.4 Å². The van der Waals surface area contributed by atoms with Gasteiger partial charge in [0, 0.05) is 37.7 Å². The number of piperazine rings is 1. The molecule has 2 aromatic rings. The van der Waals surface area contributed by atoms with Crippen LogP contribution in [0.4, 0.5) is 5.69 Å². The number of para-hydroxylation sites is 1. The minimum Gasteiger partial charge on any atom is -0.491 e. The first-order valence-electron chi connectivity index (χ1n) is 8.68. The largest absolute Gasteiger partial charge is 0.491 e. The lowest BCUT2D eigenvalue weighted by atomic mass is 10.1. The fourth-order valence-electron chi connectivity index (χ4n) is 3.09. The van der Waals surface area contributed by atoms with Gasteiger partial charge in [-0.1, -0.05) is 23.7 Å². The Morgan fingerprint density at radius 1 is 1.08 bits per heavy atom. The highest BCUT2D eigenvalue weighted by atomic mass is 35.5. The Morgan fingerprint density at radius 3 is 2.46 bits per heavy atom. The summed E-state index contributed by atoms with van der Waals surface area (Å²) in [6, 6.07) is 17.0. The molecule has 0 aliphatic carbocycles. The summed E-state index contributed by atoms with van der Waals surface area (Å²) in [6.45, 7) is 4.18. The number of ether oxygens (including phenoxy) is 1. The number of aliphatic hydroxyl groups excluding tert-OH is 1. The van der Waals surface area contributed by atoms with E-state index in [1.807, 2.05) is 24.3 Å². The zero-order chi connectivity index (χ0) is 18.4. The van der Waals surface area contributed by atoms with Crippen molar-refractivity contribution in [3.05, 3.63) is 59.1 Å². The monoisotopic (exact) mass is 371 g/mol. The van der Waals surface area contributed by atoms with Gasteiger partial charge in [0.1, 0.15) is 24.5 Å². The molecule has 0 bridgehead atoms. The third-order valence-corrected chi connectivity index (χ3v) is 4.71. The summed E-state index contributed by atoms with van der Waals surface area (Å²) in [7, 11) is 0. The molecule has 1 aliphatic rings. The average Bonchev–Trinajstić information content (AvgIpc) is 2.68. The Labute approximate surface area is 159 Å². The van der Waals surface area contributed by atoms with E-state index < -0.39 is 6.10 Å². The van der Waals surface area contributed by atoms with E-state index in [2.05, 4.69) is 15.9 Å². The number of rotatable bonds is 6. The highest BCUT2D eigenvalue weighted by molar-refractivity contribution is 6.30. The van der Waals surface area contributed by atoms with Crippen LogP contribution in [0.15, 0.2) is 48.5 Å². The SMILES string of the molecule is N#Cc1ccccc1N1CCN(C[C@@H](O)COc2ccc(Cl)cc2)CC1. The molecule has 0 amide bonds. The van der Waals surface area contributed by atoms with Crippen LogP contribution in [0.1, 0.15) is 5.56 Å². The molecule has 5 nitrogen and oxygen atoms in total. The van der Waals surface area contributed by atoms with E-state index in [4.69, 9.17) is 16.3 Å². The fraction of sp³-hybridized carbons (Fsp3) is 0.350. The normalized spacial score (nSPS) is 16.1. The van der Waals surface area contributed by atoms with Gasteiger partial charge in [-0.3, -0.25) is 4.90 Å². The van der Waals surface area contributed by atoms with E-state index in [9.17, 15) is 10.4 Å². The maximum absolute atomic E-state index is 10.2. The lowest BCUT2D eigenvalue weighted by molar-refractivity contribution is 0.0663. The second-order valence-electron chi connectivity index (χ2n) is 6.34. The van der Waals surface area contributed by atoms with Gasteiger partial charge < -0.3 is 14.7 Å². The second kappa shape index (κ2) is 8.91. The van der Waals surface area contributed by atoms with E-state index >= 15 is 0 Å². The molecule has 0 spiro atoms. The molecule has 0 unspecified atom stereocenters. The van der Waals surface area contributed by atoms with Crippen molar-refractivity contribution in [2.24, 2.45) is 0 Å². The van der Waals surface area contributed by atoms with Gasteiger partial charge in [-0.25, -0.2) is 0 Å². The zero-order valence-corrected chi connectivity index (χ0v) is 15.3. The molecule has 2 aromatic carbocycles. The lowest BCUT2D eigenvalue weighted by Crippen LogP contribution is -2.49. The van der Waals surface area contributed by atoms with Gasteiger partial charge in [-0.05, 0) is 36.4 Å². The van der Waals surface area contributed by atoms with Crippen molar-refractivity contribution >= 4 is 17.3 Å². The Morgan fingerprint density at radius 2 is 1.77 bits per heavy atom. The lowest BCUT2D eigenvalue weighted by Gasteiger charge is -2.37.